The summed E-state index contributed by atoms with van der Waals surface area (Å²) in [5, 5.41) is 17.0. The lowest BCUT2D eigenvalue weighted by molar-refractivity contribution is 0.0711. The van der Waals surface area contributed by atoms with E-state index < -0.39 is 6.04 Å². The number of hydrogen-bond acceptors (Lipinski definition) is 5. The number of aryl methyl sites for hydroxylation is 1. The van der Waals surface area contributed by atoms with E-state index in [9.17, 15) is 9.90 Å². The van der Waals surface area contributed by atoms with E-state index in [1.54, 1.807) is 44.6 Å². The molecular weight excluding hydrogens is 428 g/mol. The fourth-order valence-electron chi connectivity index (χ4n) is 3.75. The van der Waals surface area contributed by atoms with Crippen molar-refractivity contribution in [2.24, 2.45) is 5.10 Å². The van der Waals surface area contributed by atoms with E-state index >= 15 is 0 Å². The van der Waals surface area contributed by atoms with Crippen LogP contribution in [0.5, 0.6) is 17.2 Å². The van der Waals surface area contributed by atoms with Gasteiger partial charge >= 0.3 is 0 Å². The van der Waals surface area contributed by atoms with Crippen LogP contribution in [0.3, 0.4) is 0 Å². The lowest BCUT2D eigenvalue weighted by Gasteiger charge is -2.23. The molecule has 1 amide bonds. The molecule has 0 unspecified atom stereocenters. The number of carbonyl (C=O) groups excluding carboxylic acids is 1. The predicted molar refractivity (Wildman–Crippen MR) is 124 cm³/mol. The van der Waals surface area contributed by atoms with Crippen LogP contribution in [0.25, 0.3) is 0 Å². The van der Waals surface area contributed by atoms with Crippen molar-refractivity contribution >= 4 is 23.2 Å². The van der Waals surface area contributed by atoms with Crippen molar-refractivity contribution in [3.05, 3.63) is 87.9 Å². The number of methoxy groups -OCH3 is 2. The number of carbonyl (C=O) groups is 1. The highest BCUT2D eigenvalue weighted by atomic mass is 35.5. The highest BCUT2D eigenvalue weighted by molar-refractivity contribution is 6.31. The van der Waals surface area contributed by atoms with Crippen LogP contribution in [0, 0.1) is 6.92 Å². The number of hydrazone groups is 1. The van der Waals surface area contributed by atoms with Gasteiger partial charge in [-0.15, -0.1) is 0 Å². The highest BCUT2D eigenvalue weighted by Gasteiger charge is 2.35. The summed E-state index contributed by atoms with van der Waals surface area (Å²) in [6.45, 7) is 1.97. The smallest absolute Gasteiger partial charge is 0.274 e. The normalized spacial score (nSPS) is 15.4. The van der Waals surface area contributed by atoms with Crippen LogP contribution < -0.4 is 9.47 Å². The predicted octanol–water partition coefficient (Wildman–Crippen LogP) is 5.36. The Labute approximate surface area is 191 Å². The minimum absolute atomic E-state index is 0.0591. The van der Waals surface area contributed by atoms with Crippen molar-refractivity contribution in [1.29, 1.82) is 0 Å². The Hall–Kier alpha value is -3.51. The molecule has 3 aromatic carbocycles. The molecule has 1 N–H and O–H groups in total. The van der Waals surface area contributed by atoms with Crippen LogP contribution >= 0.6 is 11.6 Å². The van der Waals surface area contributed by atoms with Crippen molar-refractivity contribution in [1.82, 2.24) is 5.01 Å². The second-order valence-electron chi connectivity index (χ2n) is 7.56. The number of ether oxygens (including phenoxy) is 2. The van der Waals surface area contributed by atoms with Crippen LogP contribution in [0.15, 0.2) is 65.8 Å². The van der Waals surface area contributed by atoms with E-state index in [1.807, 2.05) is 31.2 Å². The van der Waals surface area contributed by atoms with Gasteiger partial charge < -0.3 is 14.6 Å². The molecule has 3 aromatic rings. The monoisotopic (exact) mass is 450 g/mol. The van der Waals surface area contributed by atoms with Gasteiger partial charge in [0.2, 0.25) is 0 Å². The summed E-state index contributed by atoms with van der Waals surface area (Å²) in [5.74, 6) is 0.983. The Morgan fingerprint density at radius 2 is 1.75 bits per heavy atom. The van der Waals surface area contributed by atoms with Gasteiger partial charge in [0.15, 0.2) is 11.5 Å². The molecule has 0 aliphatic carbocycles. The number of rotatable bonds is 5. The summed E-state index contributed by atoms with van der Waals surface area (Å²) in [6, 6.07) is 17.3. The SMILES string of the molecule is COc1ccc([C@H]2CC(c3cc(Cl)ccc3O)=NN2C(=O)c2ccc(C)cc2)cc1OC. The zero-order valence-corrected chi connectivity index (χ0v) is 18.8. The van der Waals surface area contributed by atoms with E-state index in [0.717, 1.165) is 11.1 Å². The molecule has 7 heteroatoms. The van der Waals surface area contributed by atoms with Gasteiger partial charge in [0.25, 0.3) is 5.91 Å². The first-order chi connectivity index (χ1) is 15.4. The largest absolute Gasteiger partial charge is 0.507 e. The standard InChI is InChI=1S/C25H23ClN2O4/c1-15-4-6-16(7-5-15)25(30)28-21(17-8-11-23(31-2)24(12-17)32-3)14-20(27-28)19-13-18(26)9-10-22(19)29/h4-13,21,29H,14H2,1-3H3/t21-/m1/s1. The lowest BCUT2D eigenvalue weighted by Crippen LogP contribution is -2.27. The van der Waals surface area contributed by atoms with E-state index in [-0.39, 0.29) is 11.7 Å². The molecule has 0 fully saturated rings. The number of aromatic hydroxyl groups is 1. The van der Waals surface area contributed by atoms with Crippen molar-refractivity contribution in [3.8, 4) is 17.2 Å². The minimum atomic E-state index is -0.392. The molecule has 0 aromatic heterocycles. The first kappa shape index (κ1) is 21.7. The van der Waals surface area contributed by atoms with Crippen LogP contribution in [-0.4, -0.2) is 36.0 Å². The van der Waals surface area contributed by atoms with Gasteiger partial charge in [-0.25, -0.2) is 5.01 Å². The number of benzene rings is 3. The van der Waals surface area contributed by atoms with Gasteiger partial charge in [0.05, 0.1) is 26.0 Å². The molecule has 0 radical (unpaired) electrons. The second kappa shape index (κ2) is 8.93. The van der Waals surface area contributed by atoms with Gasteiger partial charge in [-0.3, -0.25) is 4.79 Å². The number of phenols is 1. The maximum absolute atomic E-state index is 13.4. The average Bonchev–Trinajstić information content (AvgIpc) is 3.25. The number of hydrogen-bond donors (Lipinski definition) is 1. The molecule has 0 spiro atoms. The number of halogens is 1. The van der Waals surface area contributed by atoms with Gasteiger partial charge in [-0.1, -0.05) is 35.4 Å². The Bertz CT molecular complexity index is 1190. The molecule has 0 saturated heterocycles. The average molecular weight is 451 g/mol. The van der Waals surface area contributed by atoms with Gasteiger partial charge in [-0.2, -0.15) is 5.10 Å². The second-order valence-corrected chi connectivity index (χ2v) is 7.99. The summed E-state index contributed by atoms with van der Waals surface area (Å²) in [6.07, 6.45) is 0.404. The maximum Gasteiger partial charge on any atom is 0.274 e. The number of amides is 1. The molecule has 4 rings (SSSR count). The fraction of sp³-hybridized carbons (Fsp3) is 0.200. The van der Waals surface area contributed by atoms with Crippen molar-refractivity contribution in [2.75, 3.05) is 14.2 Å². The van der Waals surface area contributed by atoms with E-state index in [4.69, 9.17) is 21.1 Å². The third-order valence-electron chi connectivity index (χ3n) is 5.48. The molecule has 6 nitrogen and oxygen atoms in total. The van der Waals surface area contributed by atoms with Crippen LogP contribution in [0.1, 0.15) is 39.5 Å². The van der Waals surface area contributed by atoms with E-state index in [2.05, 4.69) is 5.10 Å². The van der Waals surface area contributed by atoms with Crippen LogP contribution in [0.2, 0.25) is 5.02 Å². The summed E-state index contributed by atoms with van der Waals surface area (Å²) in [4.78, 5) is 13.4. The Morgan fingerprint density at radius 3 is 2.44 bits per heavy atom. The number of nitrogens with zero attached hydrogens (tertiary/aromatic N) is 2. The molecule has 1 aliphatic rings. The summed E-state index contributed by atoms with van der Waals surface area (Å²) in [5.41, 5.74) is 3.50. The maximum atomic E-state index is 13.4. The molecule has 32 heavy (non-hydrogen) atoms. The number of phenolic OH excluding ortho intramolecular Hbond substituents is 1. The van der Waals surface area contributed by atoms with Crippen LogP contribution in [0.4, 0.5) is 0 Å². The summed E-state index contributed by atoms with van der Waals surface area (Å²) < 4.78 is 10.8. The topological polar surface area (TPSA) is 71.4 Å². The third-order valence-corrected chi connectivity index (χ3v) is 5.71. The molecule has 1 atom stereocenters. The minimum Gasteiger partial charge on any atom is -0.507 e. The Balaban J connectivity index is 1.78. The van der Waals surface area contributed by atoms with Crippen LogP contribution in [-0.2, 0) is 0 Å². The fourth-order valence-corrected chi connectivity index (χ4v) is 3.92. The van der Waals surface area contributed by atoms with Gasteiger partial charge in [-0.05, 0) is 55.0 Å². The third kappa shape index (κ3) is 4.14. The zero-order chi connectivity index (χ0) is 22.8. The molecule has 164 valence electrons. The summed E-state index contributed by atoms with van der Waals surface area (Å²) in [7, 11) is 3.14. The Morgan fingerprint density at radius 1 is 1.03 bits per heavy atom. The molecular formula is C25H23ClN2O4. The van der Waals surface area contributed by atoms with E-state index in [1.165, 1.54) is 11.1 Å². The van der Waals surface area contributed by atoms with Crippen molar-refractivity contribution < 1.29 is 19.4 Å². The van der Waals surface area contributed by atoms with Gasteiger partial charge in [0.1, 0.15) is 5.75 Å². The first-order valence-electron chi connectivity index (χ1n) is 10.1. The van der Waals surface area contributed by atoms with Crippen molar-refractivity contribution in [2.45, 2.75) is 19.4 Å². The molecule has 1 aliphatic heterocycles. The van der Waals surface area contributed by atoms with E-state index in [0.29, 0.717) is 39.8 Å². The highest BCUT2D eigenvalue weighted by Crippen LogP contribution is 2.39. The Kier molecular flexibility index (Phi) is 6.06. The van der Waals surface area contributed by atoms with Crippen molar-refractivity contribution in [3.63, 3.8) is 0 Å². The molecule has 0 saturated carbocycles. The quantitative estimate of drug-likeness (QED) is 0.567. The zero-order valence-electron chi connectivity index (χ0n) is 18.0. The lowest BCUT2D eigenvalue weighted by atomic mass is 9.97. The summed E-state index contributed by atoms with van der Waals surface area (Å²) >= 11 is 6.15. The first-order valence-corrected chi connectivity index (χ1v) is 10.5. The molecule has 0 bridgehead atoms. The molecule has 1 heterocycles. The van der Waals surface area contributed by atoms with Gasteiger partial charge in [0, 0.05) is 22.6 Å².